The maximum atomic E-state index is 10.6. The zero-order chi connectivity index (χ0) is 8.97. The molecule has 1 nitrogen and oxygen atoms in total. The van der Waals surface area contributed by atoms with Gasteiger partial charge in [-0.3, -0.25) is 4.79 Å². The first kappa shape index (κ1) is 8.98. The average molecular weight is 162 g/mol. The van der Waals surface area contributed by atoms with Crippen LogP contribution in [-0.2, 0) is 0 Å². The fraction of sp³-hybridized carbons (Fsp3) is 0.364. The number of aldehydes is 1. The van der Waals surface area contributed by atoms with Crippen molar-refractivity contribution in [1.82, 2.24) is 0 Å². The lowest BCUT2D eigenvalue weighted by Crippen LogP contribution is -1.96. The van der Waals surface area contributed by atoms with Gasteiger partial charge in [-0.15, -0.1) is 0 Å². The lowest BCUT2D eigenvalue weighted by atomic mass is 9.94. The summed E-state index contributed by atoms with van der Waals surface area (Å²) in [6, 6.07) is 7.77. The molecule has 1 atom stereocenters. The zero-order valence-electron chi connectivity index (χ0n) is 7.58. The second-order valence-electron chi connectivity index (χ2n) is 3.06. The van der Waals surface area contributed by atoms with Gasteiger partial charge in [0.15, 0.2) is 0 Å². The summed E-state index contributed by atoms with van der Waals surface area (Å²) in [6.45, 7) is 4.27. The molecular formula is C11H14O. The molecule has 0 fully saturated rings. The predicted octanol–water partition coefficient (Wildman–Crippen LogP) is 3.01. The molecule has 0 heterocycles. The van der Waals surface area contributed by atoms with E-state index in [4.69, 9.17) is 0 Å². The minimum absolute atomic E-state index is 0.478. The van der Waals surface area contributed by atoms with Crippen molar-refractivity contribution in [3.05, 3.63) is 35.4 Å². The number of hydrogen-bond donors (Lipinski definition) is 0. The van der Waals surface area contributed by atoms with Crippen LogP contribution in [-0.4, -0.2) is 6.29 Å². The Hall–Kier alpha value is -1.11. The molecule has 1 heteroatoms. The highest BCUT2D eigenvalue weighted by Crippen LogP contribution is 2.20. The van der Waals surface area contributed by atoms with Crippen LogP contribution < -0.4 is 0 Å². The van der Waals surface area contributed by atoms with Crippen LogP contribution in [0.25, 0.3) is 0 Å². The van der Waals surface area contributed by atoms with E-state index < -0.39 is 0 Å². The zero-order valence-corrected chi connectivity index (χ0v) is 7.58. The number of rotatable bonds is 3. The normalized spacial score (nSPS) is 12.5. The van der Waals surface area contributed by atoms with Gasteiger partial charge in [-0.05, 0) is 17.9 Å². The third-order valence-corrected chi connectivity index (χ3v) is 2.27. The summed E-state index contributed by atoms with van der Waals surface area (Å²) in [5, 5.41) is 0. The number of hydrogen-bond acceptors (Lipinski definition) is 1. The first-order chi connectivity index (χ1) is 5.79. The van der Waals surface area contributed by atoms with Gasteiger partial charge in [0, 0.05) is 5.56 Å². The van der Waals surface area contributed by atoms with Crippen LogP contribution in [0.5, 0.6) is 0 Å². The highest BCUT2D eigenvalue weighted by Gasteiger charge is 2.06. The van der Waals surface area contributed by atoms with Crippen molar-refractivity contribution < 1.29 is 4.79 Å². The van der Waals surface area contributed by atoms with Crippen molar-refractivity contribution in [2.45, 2.75) is 26.2 Å². The first-order valence-corrected chi connectivity index (χ1v) is 4.33. The van der Waals surface area contributed by atoms with Gasteiger partial charge in [0.25, 0.3) is 0 Å². The second kappa shape index (κ2) is 4.05. The fourth-order valence-corrected chi connectivity index (χ4v) is 1.29. The first-order valence-electron chi connectivity index (χ1n) is 4.33. The molecule has 0 bridgehead atoms. The number of carbonyl (C=O) groups is 1. The van der Waals surface area contributed by atoms with Crippen LogP contribution in [0.15, 0.2) is 24.3 Å². The summed E-state index contributed by atoms with van der Waals surface area (Å²) in [7, 11) is 0. The van der Waals surface area contributed by atoms with Crippen molar-refractivity contribution in [3.63, 3.8) is 0 Å². The second-order valence-corrected chi connectivity index (χ2v) is 3.06. The third-order valence-electron chi connectivity index (χ3n) is 2.27. The van der Waals surface area contributed by atoms with Crippen LogP contribution >= 0.6 is 0 Å². The van der Waals surface area contributed by atoms with Crippen LogP contribution in [0.1, 0.15) is 42.1 Å². The quantitative estimate of drug-likeness (QED) is 0.624. The summed E-state index contributed by atoms with van der Waals surface area (Å²) in [5.74, 6) is 0.478. The Morgan fingerprint density at radius 1 is 1.42 bits per heavy atom. The average Bonchev–Trinajstić information content (AvgIpc) is 2.16. The Balaban J connectivity index is 3.04. The molecule has 1 rings (SSSR count). The van der Waals surface area contributed by atoms with Crippen LogP contribution in [0.2, 0.25) is 0 Å². The molecule has 0 spiro atoms. The van der Waals surface area contributed by atoms with Gasteiger partial charge in [-0.1, -0.05) is 38.1 Å². The summed E-state index contributed by atoms with van der Waals surface area (Å²) < 4.78 is 0. The van der Waals surface area contributed by atoms with Crippen molar-refractivity contribution in [3.8, 4) is 0 Å². The Kier molecular flexibility index (Phi) is 3.03. The Morgan fingerprint density at radius 2 is 2.08 bits per heavy atom. The van der Waals surface area contributed by atoms with E-state index in [1.54, 1.807) is 0 Å². The SMILES string of the molecule is CCC(C)c1ccccc1C=O. The van der Waals surface area contributed by atoms with Crippen LogP contribution in [0, 0.1) is 0 Å². The molecule has 0 aromatic heterocycles. The topological polar surface area (TPSA) is 17.1 Å². The summed E-state index contributed by atoms with van der Waals surface area (Å²) >= 11 is 0. The van der Waals surface area contributed by atoms with Gasteiger partial charge in [0.2, 0.25) is 0 Å². The maximum absolute atomic E-state index is 10.6. The molecule has 0 aliphatic carbocycles. The van der Waals surface area contributed by atoms with Gasteiger partial charge in [-0.2, -0.15) is 0 Å². The Labute approximate surface area is 73.4 Å². The number of carbonyl (C=O) groups excluding carboxylic acids is 1. The maximum Gasteiger partial charge on any atom is 0.150 e. The monoisotopic (exact) mass is 162 g/mol. The van der Waals surface area contributed by atoms with E-state index in [1.807, 2.05) is 24.3 Å². The summed E-state index contributed by atoms with van der Waals surface area (Å²) in [5.41, 5.74) is 1.99. The van der Waals surface area contributed by atoms with E-state index in [0.717, 1.165) is 23.8 Å². The Bertz CT molecular complexity index is 265. The molecular weight excluding hydrogens is 148 g/mol. The standard InChI is InChI=1S/C11H14O/c1-3-9(2)11-7-5-4-6-10(11)8-12/h4-9H,3H2,1-2H3. The highest BCUT2D eigenvalue weighted by molar-refractivity contribution is 5.77. The largest absolute Gasteiger partial charge is 0.298 e. The number of benzene rings is 1. The van der Waals surface area contributed by atoms with E-state index >= 15 is 0 Å². The highest BCUT2D eigenvalue weighted by atomic mass is 16.1. The van der Waals surface area contributed by atoms with E-state index in [1.165, 1.54) is 0 Å². The molecule has 64 valence electrons. The smallest absolute Gasteiger partial charge is 0.150 e. The lowest BCUT2D eigenvalue weighted by Gasteiger charge is -2.10. The Morgan fingerprint density at radius 3 is 2.67 bits per heavy atom. The van der Waals surface area contributed by atoms with Crippen molar-refractivity contribution in [2.75, 3.05) is 0 Å². The van der Waals surface area contributed by atoms with Gasteiger partial charge in [-0.25, -0.2) is 0 Å². The van der Waals surface area contributed by atoms with Gasteiger partial charge >= 0.3 is 0 Å². The molecule has 0 amide bonds. The molecule has 0 aliphatic rings. The van der Waals surface area contributed by atoms with Crippen molar-refractivity contribution in [2.24, 2.45) is 0 Å². The van der Waals surface area contributed by atoms with Gasteiger partial charge in [0.1, 0.15) is 6.29 Å². The molecule has 0 saturated carbocycles. The molecule has 0 N–H and O–H groups in total. The molecule has 0 saturated heterocycles. The van der Waals surface area contributed by atoms with Crippen LogP contribution in [0.3, 0.4) is 0 Å². The predicted molar refractivity (Wildman–Crippen MR) is 50.5 cm³/mol. The third kappa shape index (κ3) is 1.73. The van der Waals surface area contributed by atoms with E-state index in [2.05, 4.69) is 13.8 Å². The molecule has 0 aliphatic heterocycles. The molecule has 1 aromatic carbocycles. The summed E-state index contributed by atoms with van der Waals surface area (Å²) in [6.07, 6.45) is 2.01. The molecule has 1 aromatic rings. The minimum Gasteiger partial charge on any atom is -0.298 e. The minimum atomic E-state index is 0.478. The van der Waals surface area contributed by atoms with Gasteiger partial charge in [0.05, 0.1) is 0 Å². The van der Waals surface area contributed by atoms with E-state index in [-0.39, 0.29) is 0 Å². The van der Waals surface area contributed by atoms with Crippen molar-refractivity contribution >= 4 is 6.29 Å². The van der Waals surface area contributed by atoms with Crippen molar-refractivity contribution in [1.29, 1.82) is 0 Å². The molecule has 1 unspecified atom stereocenters. The fourth-order valence-electron chi connectivity index (χ4n) is 1.29. The van der Waals surface area contributed by atoms with E-state index in [9.17, 15) is 4.79 Å². The van der Waals surface area contributed by atoms with Crippen LogP contribution in [0.4, 0.5) is 0 Å². The van der Waals surface area contributed by atoms with E-state index in [0.29, 0.717) is 5.92 Å². The molecule has 0 radical (unpaired) electrons. The lowest BCUT2D eigenvalue weighted by molar-refractivity contribution is 0.112. The molecule has 12 heavy (non-hydrogen) atoms. The summed E-state index contributed by atoms with van der Waals surface area (Å²) in [4.78, 5) is 10.6. The van der Waals surface area contributed by atoms with Gasteiger partial charge < -0.3 is 0 Å².